The average molecular weight is 495 g/mol. The highest BCUT2D eigenvalue weighted by Gasteiger charge is 2.14. The first kappa shape index (κ1) is 22.3. The van der Waals surface area contributed by atoms with E-state index < -0.39 is 0 Å². The third-order valence-electron chi connectivity index (χ3n) is 4.88. The van der Waals surface area contributed by atoms with E-state index in [1.807, 2.05) is 18.3 Å². The fraction of sp³-hybridized carbons (Fsp3) is 0.429. The number of pyridine rings is 1. The van der Waals surface area contributed by atoms with Crippen molar-refractivity contribution in [3.05, 3.63) is 53.7 Å². The molecule has 2 N–H and O–H groups in total. The molecule has 1 aromatic carbocycles. The number of rotatable bonds is 6. The Morgan fingerprint density at radius 2 is 2.04 bits per heavy atom. The zero-order valence-electron chi connectivity index (χ0n) is 16.8. The smallest absolute Gasteiger partial charge is 0.212 e. The fourth-order valence-corrected chi connectivity index (χ4v) is 3.27. The minimum Gasteiger partial charge on any atom is -0.481 e. The maximum absolute atomic E-state index is 5.09. The van der Waals surface area contributed by atoms with Crippen molar-refractivity contribution in [3.63, 3.8) is 0 Å². The number of nitrogens with zero attached hydrogens (tertiary/aromatic N) is 3. The topological polar surface area (TPSA) is 61.8 Å². The van der Waals surface area contributed by atoms with Gasteiger partial charge in [0, 0.05) is 44.6 Å². The summed E-state index contributed by atoms with van der Waals surface area (Å²) in [5.41, 5.74) is 3.64. The summed E-state index contributed by atoms with van der Waals surface area (Å²) in [6, 6.07) is 12.8. The molecular weight excluding hydrogens is 465 g/mol. The predicted molar refractivity (Wildman–Crippen MR) is 126 cm³/mol. The van der Waals surface area contributed by atoms with Crippen LogP contribution < -0.4 is 20.3 Å². The summed E-state index contributed by atoms with van der Waals surface area (Å²) in [7, 11) is 3.40. The van der Waals surface area contributed by atoms with Crippen molar-refractivity contribution in [2.24, 2.45) is 4.99 Å². The molecule has 0 aliphatic carbocycles. The second-order valence-electron chi connectivity index (χ2n) is 6.79. The Bertz CT molecular complexity index is 760. The molecule has 6 nitrogen and oxygen atoms in total. The molecule has 3 rings (SSSR count). The monoisotopic (exact) mass is 495 g/mol. The van der Waals surface area contributed by atoms with E-state index in [9.17, 15) is 0 Å². The van der Waals surface area contributed by atoms with Crippen molar-refractivity contribution >= 4 is 35.6 Å². The first-order valence-electron chi connectivity index (χ1n) is 9.50. The fourth-order valence-electron chi connectivity index (χ4n) is 3.27. The second-order valence-corrected chi connectivity index (χ2v) is 6.79. The molecule has 2 aromatic rings. The second kappa shape index (κ2) is 11.1. The van der Waals surface area contributed by atoms with Gasteiger partial charge in [-0.1, -0.05) is 18.2 Å². The van der Waals surface area contributed by atoms with E-state index >= 15 is 0 Å². The summed E-state index contributed by atoms with van der Waals surface area (Å²) < 4.78 is 5.09. The Kier molecular flexibility index (Phi) is 8.82. The van der Waals surface area contributed by atoms with Crippen LogP contribution in [0.25, 0.3) is 0 Å². The van der Waals surface area contributed by atoms with Crippen LogP contribution in [0.3, 0.4) is 0 Å². The van der Waals surface area contributed by atoms with Gasteiger partial charge in [-0.2, -0.15) is 0 Å². The summed E-state index contributed by atoms with van der Waals surface area (Å²) in [6.07, 6.45) is 4.38. The van der Waals surface area contributed by atoms with E-state index in [4.69, 9.17) is 4.74 Å². The van der Waals surface area contributed by atoms with Crippen molar-refractivity contribution in [2.75, 3.05) is 32.1 Å². The summed E-state index contributed by atoms with van der Waals surface area (Å²) in [6.45, 7) is 5.12. The van der Waals surface area contributed by atoms with Crippen LogP contribution in [0.15, 0.2) is 47.6 Å². The van der Waals surface area contributed by atoms with Crippen LogP contribution in [0.5, 0.6) is 5.88 Å². The molecule has 1 unspecified atom stereocenters. The van der Waals surface area contributed by atoms with Crippen LogP contribution >= 0.6 is 24.0 Å². The Balaban J connectivity index is 0.00000280. The lowest BCUT2D eigenvalue weighted by Gasteiger charge is -2.22. The van der Waals surface area contributed by atoms with Crippen molar-refractivity contribution in [3.8, 4) is 5.88 Å². The number of aromatic nitrogens is 1. The molecule has 1 fully saturated rings. The molecule has 0 radical (unpaired) electrons. The number of aliphatic imine (C=N–C) groups is 1. The van der Waals surface area contributed by atoms with E-state index in [-0.39, 0.29) is 30.0 Å². The van der Waals surface area contributed by atoms with Gasteiger partial charge in [-0.3, -0.25) is 4.99 Å². The maximum atomic E-state index is 5.09. The number of benzene rings is 1. The van der Waals surface area contributed by atoms with Crippen molar-refractivity contribution in [2.45, 2.75) is 32.4 Å². The molecule has 0 amide bonds. The number of hydrogen-bond acceptors (Lipinski definition) is 4. The van der Waals surface area contributed by atoms with Crippen molar-refractivity contribution in [1.29, 1.82) is 0 Å². The number of hydrogen-bond donors (Lipinski definition) is 2. The lowest BCUT2D eigenvalue weighted by Crippen LogP contribution is -2.38. The molecule has 7 heteroatoms. The highest BCUT2D eigenvalue weighted by atomic mass is 127. The van der Waals surface area contributed by atoms with Crippen LogP contribution in [0, 0.1) is 0 Å². The van der Waals surface area contributed by atoms with Gasteiger partial charge >= 0.3 is 0 Å². The van der Waals surface area contributed by atoms with E-state index in [0.717, 1.165) is 24.6 Å². The van der Waals surface area contributed by atoms with Crippen molar-refractivity contribution in [1.82, 2.24) is 15.6 Å². The molecule has 1 aromatic heterocycles. The number of anilines is 1. The van der Waals surface area contributed by atoms with Gasteiger partial charge in [0.2, 0.25) is 5.88 Å². The Morgan fingerprint density at radius 1 is 1.25 bits per heavy atom. The summed E-state index contributed by atoms with van der Waals surface area (Å²) in [5.74, 6) is 1.39. The largest absolute Gasteiger partial charge is 0.481 e. The molecular formula is C21H30IN5O. The van der Waals surface area contributed by atoms with Crippen LogP contribution in [-0.2, 0) is 6.54 Å². The van der Waals surface area contributed by atoms with Crippen LogP contribution in [0.1, 0.15) is 36.9 Å². The molecule has 1 aliphatic heterocycles. The average Bonchev–Trinajstić information content (AvgIpc) is 3.26. The van der Waals surface area contributed by atoms with Gasteiger partial charge in [0.1, 0.15) is 0 Å². The SMILES string of the molecule is CN=C(NCc1ccc(OC)nc1)NC(C)c1cccc(N2CCCC2)c1.I. The minimum atomic E-state index is 0. The zero-order valence-corrected chi connectivity index (χ0v) is 19.1. The Labute approximate surface area is 184 Å². The highest BCUT2D eigenvalue weighted by molar-refractivity contribution is 14.0. The lowest BCUT2D eigenvalue weighted by molar-refractivity contribution is 0.397. The molecule has 0 bridgehead atoms. The Hall–Kier alpha value is -2.03. The number of methoxy groups -OCH3 is 1. The van der Waals surface area contributed by atoms with Crippen LogP contribution in [0.2, 0.25) is 0 Å². The third kappa shape index (κ3) is 5.98. The quantitative estimate of drug-likeness (QED) is 0.364. The van der Waals surface area contributed by atoms with Gasteiger partial charge < -0.3 is 20.3 Å². The van der Waals surface area contributed by atoms with Gasteiger partial charge in [-0.05, 0) is 43.0 Å². The van der Waals surface area contributed by atoms with Gasteiger partial charge in [-0.15, -0.1) is 24.0 Å². The third-order valence-corrected chi connectivity index (χ3v) is 4.88. The van der Waals surface area contributed by atoms with Gasteiger partial charge in [-0.25, -0.2) is 4.98 Å². The predicted octanol–water partition coefficient (Wildman–Crippen LogP) is 3.73. The minimum absolute atomic E-state index is 0. The van der Waals surface area contributed by atoms with Gasteiger partial charge in [0.25, 0.3) is 0 Å². The first-order chi connectivity index (χ1) is 13.2. The summed E-state index contributed by atoms with van der Waals surface area (Å²) in [4.78, 5) is 11.0. The number of halogens is 1. The molecule has 1 atom stereocenters. The summed E-state index contributed by atoms with van der Waals surface area (Å²) >= 11 is 0. The van der Waals surface area contributed by atoms with E-state index in [2.05, 4.69) is 56.7 Å². The lowest BCUT2D eigenvalue weighted by atomic mass is 10.1. The zero-order chi connectivity index (χ0) is 19.1. The molecule has 1 saturated heterocycles. The van der Waals surface area contributed by atoms with E-state index in [1.165, 1.54) is 24.1 Å². The van der Waals surface area contributed by atoms with Crippen LogP contribution in [-0.4, -0.2) is 38.2 Å². The first-order valence-corrected chi connectivity index (χ1v) is 9.50. The Morgan fingerprint density at radius 3 is 2.68 bits per heavy atom. The molecule has 0 saturated carbocycles. The molecule has 2 heterocycles. The number of nitrogens with one attached hydrogen (secondary N) is 2. The van der Waals surface area contributed by atoms with Crippen LogP contribution in [0.4, 0.5) is 5.69 Å². The number of guanidine groups is 1. The van der Waals surface area contributed by atoms with Gasteiger partial charge in [0.15, 0.2) is 5.96 Å². The maximum Gasteiger partial charge on any atom is 0.212 e. The number of ether oxygens (including phenoxy) is 1. The normalized spacial score (nSPS) is 15.0. The van der Waals surface area contributed by atoms with Gasteiger partial charge in [0.05, 0.1) is 13.2 Å². The van der Waals surface area contributed by atoms with E-state index in [0.29, 0.717) is 12.4 Å². The highest BCUT2D eigenvalue weighted by Crippen LogP contribution is 2.23. The van der Waals surface area contributed by atoms with E-state index in [1.54, 1.807) is 14.2 Å². The summed E-state index contributed by atoms with van der Waals surface area (Å²) in [5, 5.41) is 6.81. The standard InChI is InChI=1S/C21H29N5O.HI/c1-16(18-7-6-8-19(13-18)26-11-4-5-12-26)25-21(22-2)24-15-17-9-10-20(27-3)23-14-17;/h6-10,13-14,16H,4-5,11-12,15H2,1-3H3,(H2,22,24,25);1H. The molecule has 0 spiro atoms. The molecule has 28 heavy (non-hydrogen) atoms. The van der Waals surface area contributed by atoms with Crippen molar-refractivity contribution < 1.29 is 4.74 Å². The molecule has 152 valence electrons. The molecule has 1 aliphatic rings.